The third-order valence-electron chi connectivity index (χ3n) is 4.99. The van der Waals surface area contributed by atoms with Crippen molar-refractivity contribution in [3.05, 3.63) is 72.8 Å². The van der Waals surface area contributed by atoms with E-state index in [9.17, 15) is 9.59 Å². The molecule has 0 fully saturated rings. The quantitative estimate of drug-likeness (QED) is 0.300. The molecule has 4 aromatic rings. The maximum absolute atomic E-state index is 12.7. The third kappa shape index (κ3) is 5.81. The highest BCUT2D eigenvalue weighted by atomic mass is 32.2. The standard InChI is InChI=1S/C26H25N3O3S/c1-3-6-24(30)27-19-13-15-21(16-14-19)33-17(2)25(31)28-20-11-9-18(10-12-20)26-29-22-7-4-5-8-23(22)32-26/h4-5,7-17H,3,6H2,1-2H3,(H,27,30)(H,28,31). The fourth-order valence-corrected chi connectivity index (χ4v) is 4.13. The molecule has 0 aliphatic rings. The summed E-state index contributed by atoms with van der Waals surface area (Å²) in [6.45, 7) is 3.84. The molecule has 1 heterocycles. The first-order valence-electron chi connectivity index (χ1n) is 10.9. The number of nitrogens with one attached hydrogen (secondary N) is 2. The molecular formula is C26H25N3O3S. The minimum Gasteiger partial charge on any atom is -0.436 e. The molecule has 0 saturated carbocycles. The number of anilines is 2. The summed E-state index contributed by atoms with van der Waals surface area (Å²) in [5.41, 5.74) is 3.87. The van der Waals surface area contributed by atoms with Gasteiger partial charge in [-0.25, -0.2) is 4.98 Å². The monoisotopic (exact) mass is 459 g/mol. The number of thioether (sulfide) groups is 1. The van der Waals surface area contributed by atoms with Gasteiger partial charge in [-0.15, -0.1) is 11.8 Å². The van der Waals surface area contributed by atoms with Gasteiger partial charge in [0.2, 0.25) is 17.7 Å². The molecule has 0 aliphatic carbocycles. The zero-order valence-electron chi connectivity index (χ0n) is 18.5. The molecule has 0 aliphatic heterocycles. The Hall–Kier alpha value is -3.58. The van der Waals surface area contributed by atoms with Gasteiger partial charge in [-0.2, -0.15) is 0 Å². The molecule has 1 atom stereocenters. The Labute approximate surface area is 196 Å². The number of benzene rings is 3. The van der Waals surface area contributed by atoms with Crippen LogP contribution in [0, 0.1) is 0 Å². The number of carbonyl (C=O) groups excluding carboxylic acids is 2. The van der Waals surface area contributed by atoms with Crippen molar-refractivity contribution in [2.24, 2.45) is 0 Å². The van der Waals surface area contributed by atoms with Crippen LogP contribution in [-0.2, 0) is 9.59 Å². The van der Waals surface area contributed by atoms with E-state index in [0.29, 0.717) is 18.0 Å². The van der Waals surface area contributed by atoms with Gasteiger partial charge in [0.15, 0.2) is 5.58 Å². The molecule has 2 N–H and O–H groups in total. The lowest BCUT2D eigenvalue weighted by molar-refractivity contribution is -0.116. The summed E-state index contributed by atoms with van der Waals surface area (Å²) >= 11 is 1.46. The molecule has 1 unspecified atom stereocenters. The Morgan fingerprint density at radius 2 is 1.61 bits per heavy atom. The molecule has 0 radical (unpaired) electrons. The van der Waals surface area contributed by atoms with Crippen molar-refractivity contribution in [2.75, 3.05) is 10.6 Å². The van der Waals surface area contributed by atoms with Crippen LogP contribution in [0.3, 0.4) is 0 Å². The number of para-hydroxylation sites is 2. The fourth-order valence-electron chi connectivity index (χ4n) is 3.26. The van der Waals surface area contributed by atoms with Crippen molar-refractivity contribution < 1.29 is 14.0 Å². The van der Waals surface area contributed by atoms with Gasteiger partial charge in [0.1, 0.15) is 5.52 Å². The van der Waals surface area contributed by atoms with Gasteiger partial charge in [0.05, 0.1) is 5.25 Å². The number of amides is 2. The number of oxazole rings is 1. The average Bonchev–Trinajstić information content (AvgIpc) is 3.25. The van der Waals surface area contributed by atoms with Crippen molar-refractivity contribution in [1.29, 1.82) is 0 Å². The molecule has 2 amide bonds. The van der Waals surface area contributed by atoms with Crippen LogP contribution in [0.4, 0.5) is 11.4 Å². The summed E-state index contributed by atoms with van der Waals surface area (Å²) in [7, 11) is 0. The van der Waals surface area contributed by atoms with E-state index in [2.05, 4.69) is 15.6 Å². The van der Waals surface area contributed by atoms with Gasteiger partial charge in [-0.05, 0) is 74.0 Å². The summed E-state index contributed by atoms with van der Waals surface area (Å²) in [6, 6.07) is 22.6. The van der Waals surface area contributed by atoms with Crippen LogP contribution in [0.1, 0.15) is 26.7 Å². The normalized spacial score (nSPS) is 11.8. The zero-order chi connectivity index (χ0) is 23.2. The second kappa shape index (κ2) is 10.4. The number of fused-ring (bicyclic) bond motifs is 1. The van der Waals surface area contributed by atoms with Crippen molar-refractivity contribution in [1.82, 2.24) is 4.98 Å². The van der Waals surface area contributed by atoms with Crippen LogP contribution in [0.25, 0.3) is 22.6 Å². The molecule has 7 heteroatoms. The van der Waals surface area contributed by atoms with E-state index in [1.807, 2.05) is 86.6 Å². The minimum absolute atomic E-state index is 0.00720. The molecular weight excluding hydrogens is 434 g/mol. The summed E-state index contributed by atoms with van der Waals surface area (Å²) in [6.07, 6.45) is 1.31. The van der Waals surface area contributed by atoms with E-state index < -0.39 is 0 Å². The van der Waals surface area contributed by atoms with Gasteiger partial charge >= 0.3 is 0 Å². The largest absolute Gasteiger partial charge is 0.436 e. The van der Waals surface area contributed by atoms with Crippen LogP contribution in [-0.4, -0.2) is 22.0 Å². The molecule has 168 valence electrons. The van der Waals surface area contributed by atoms with Crippen LogP contribution in [0.2, 0.25) is 0 Å². The number of nitrogens with zero attached hydrogens (tertiary/aromatic N) is 1. The maximum Gasteiger partial charge on any atom is 0.237 e. The van der Waals surface area contributed by atoms with Gasteiger partial charge in [-0.1, -0.05) is 19.1 Å². The smallest absolute Gasteiger partial charge is 0.237 e. The first-order chi connectivity index (χ1) is 16.0. The molecule has 0 saturated heterocycles. The van der Waals surface area contributed by atoms with Crippen molar-refractivity contribution in [2.45, 2.75) is 36.8 Å². The average molecular weight is 460 g/mol. The first-order valence-corrected chi connectivity index (χ1v) is 11.7. The van der Waals surface area contributed by atoms with Gasteiger partial charge in [-0.3, -0.25) is 9.59 Å². The van der Waals surface area contributed by atoms with Crippen LogP contribution in [0.5, 0.6) is 0 Å². The van der Waals surface area contributed by atoms with Crippen LogP contribution >= 0.6 is 11.8 Å². The van der Waals surface area contributed by atoms with Crippen LogP contribution in [0.15, 0.2) is 82.1 Å². The van der Waals surface area contributed by atoms with Gasteiger partial charge < -0.3 is 15.1 Å². The van der Waals surface area contributed by atoms with E-state index >= 15 is 0 Å². The van der Waals surface area contributed by atoms with Gasteiger partial charge in [0, 0.05) is 28.3 Å². The fraction of sp³-hybridized carbons (Fsp3) is 0.192. The lowest BCUT2D eigenvalue weighted by atomic mass is 10.2. The summed E-state index contributed by atoms with van der Waals surface area (Å²) < 4.78 is 5.80. The molecule has 3 aromatic carbocycles. The van der Waals surface area contributed by atoms with E-state index in [1.165, 1.54) is 11.8 Å². The number of hydrogen-bond donors (Lipinski definition) is 2. The Morgan fingerprint density at radius 3 is 2.30 bits per heavy atom. The highest BCUT2D eigenvalue weighted by Crippen LogP contribution is 2.27. The van der Waals surface area contributed by atoms with Crippen LogP contribution < -0.4 is 10.6 Å². The summed E-state index contributed by atoms with van der Waals surface area (Å²) in [5.74, 6) is 0.468. The lowest BCUT2D eigenvalue weighted by Crippen LogP contribution is -2.22. The Morgan fingerprint density at radius 1 is 0.939 bits per heavy atom. The SMILES string of the molecule is CCCC(=O)Nc1ccc(SC(C)C(=O)Nc2ccc(-c3nc4ccccc4o3)cc2)cc1. The molecule has 33 heavy (non-hydrogen) atoms. The predicted octanol–water partition coefficient (Wildman–Crippen LogP) is 6.35. The number of rotatable bonds is 8. The Balaban J connectivity index is 1.33. The second-order valence-corrected chi connectivity index (χ2v) is 9.05. The van der Waals surface area contributed by atoms with E-state index in [-0.39, 0.29) is 17.1 Å². The zero-order valence-corrected chi connectivity index (χ0v) is 19.3. The third-order valence-corrected chi connectivity index (χ3v) is 6.10. The van der Waals surface area contributed by atoms with E-state index in [1.54, 1.807) is 0 Å². The number of aromatic nitrogens is 1. The first kappa shape index (κ1) is 22.6. The Kier molecular flexibility index (Phi) is 7.10. The van der Waals surface area contributed by atoms with Gasteiger partial charge in [0.25, 0.3) is 0 Å². The molecule has 6 nitrogen and oxygen atoms in total. The van der Waals surface area contributed by atoms with E-state index in [0.717, 1.165) is 33.7 Å². The molecule has 0 bridgehead atoms. The minimum atomic E-state index is -0.290. The second-order valence-electron chi connectivity index (χ2n) is 7.64. The summed E-state index contributed by atoms with van der Waals surface area (Å²) in [5, 5.41) is 5.53. The topological polar surface area (TPSA) is 84.2 Å². The lowest BCUT2D eigenvalue weighted by Gasteiger charge is -2.13. The van der Waals surface area contributed by atoms with E-state index in [4.69, 9.17) is 4.42 Å². The number of carbonyl (C=O) groups is 2. The summed E-state index contributed by atoms with van der Waals surface area (Å²) in [4.78, 5) is 29.8. The predicted molar refractivity (Wildman–Crippen MR) is 133 cm³/mol. The molecule has 1 aromatic heterocycles. The highest BCUT2D eigenvalue weighted by molar-refractivity contribution is 8.00. The maximum atomic E-state index is 12.7. The molecule has 0 spiro atoms. The number of hydrogen-bond acceptors (Lipinski definition) is 5. The van der Waals surface area contributed by atoms with Crippen molar-refractivity contribution >= 4 is 46.1 Å². The highest BCUT2D eigenvalue weighted by Gasteiger charge is 2.15. The molecule has 4 rings (SSSR count). The van der Waals surface area contributed by atoms with Crippen molar-refractivity contribution in [3.8, 4) is 11.5 Å². The van der Waals surface area contributed by atoms with Crippen molar-refractivity contribution in [3.63, 3.8) is 0 Å². The Bertz CT molecular complexity index is 1220.